The van der Waals surface area contributed by atoms with E-state index in [2.05, 4.69) is 17.9 Å². The Kier molecular flexibility index (Phi) is 6.21. The first kappa shape index (κ1) is 15.4. The Bertz CT molecular complexity index is 450. The van der Waals surface area contributed by atoms with Crippen molar-refractivity contribution in [3.63, 3.8) is 0 Å². The van der Waals surface area contributed by atoms with Gasteiger partial charge in [0.15, 0.2) is 0 Å². The van der Waals surface area contributed by atoms with Crippen LogP contribution in [-0.4, -0.2) is 35.4 Å². The molecule has 0 unspecified atom stereocenters. The second-order valence-corrected chi connectivity index (χ2v) is 4.25. The van der Waals surface area contributed by atoms with E-state index in [1.807, 2.05) is 6.92 Å². The molecule has 1 aromatic rings. The van der Waals surface area contributed by atoms with Gasteiger partial charge in [0.2, 0.25) is 0 Å². The number of para-hydroxylation sites is 1. The second kappa shape index (κ2) is 7.68. The molecule has 1 atom stereocenters. The molecule has 0 radical (unpaired) electrons. The highest BCUT2D eigenvalue weighted by Crippen LogP contribution is 2.18. The van der Waals surface area contributed by atoms with Crippen LogP contribution >= 0.6 is 12.6 Å². The summed E-state index contributed by atoms with van der Waals surface area (Å²) >= 11 is 3.98. The summed E-state index contributed by atoms with van der Waals surface area (Å²) in [6.07, 6.45) is 0.265. The van der Waals surface area contributed by atoms with Gasteiger partial charge in [0, 0.05) is 0 Å². The number of benzene rings is 1. The highest BCUT2D eigenvalue weighted by atomic mass is 32.1. The zero-order valence-electron chi connectivity index (χ0n) is 10.6. The third kappa shape index (κ3) is 4.48. The van der Waals surface area contributed by atoms with Crippen LogP contribution < -0.4 is 10.1 Å². The minimum absolute atomic E-state index is 0.265. The van der Waals surface area contributed by atoms with Crippen LogP contribution in [0.2, 0.25) is 0 Å². The minimum Gasteiger partial charge on any atom is -0.493 e. The lowest BCUT2D eigenvalue weighted by Gasteiger charge is -2.15. The van der Waals surface area contributed by atoms with E-state index in [0.717, 1.165) is 0 Å². The Morgan fingerprint density at radius 3 is 2.68 bits per heavy atom. The number of thiol groups is 1. The van der Waals surface area contributed by atoms with Crippen LogP contribution in [0.25, 0.3) is 0 Å². The third-order valence-electron chi connectivity index (χ3n) is 2.45. The van der Waals surface area contributed by atoms with E-state index in [1.165, 1.54) is 0 Å². The van der Waals surface area contributed by atoms with Gasteiger partial charge in [-0.25, -0.2) is 4.79 Å². The van der Waals surface area contributed by atoms with Gasteiger partial charge in [-0.1, -0.05) is 12.1 Å². The molecule has 5 nitrogen and oxygen atoms in total. The number of aliphatic carboxylic acids is 1. The fraction of sp³-hybridized carbons (Fsp3) is 0.385. The van der Waals surface area contributed by atoms with E-state index < -0.39 is 17.9 Å². The van der Waals surface area contributed by atoms with Crippen molar-refractivity contribution < 1.29 is 19.4 Å². The predicted octanol–water partition coefficient (Wildman–Crippen LogP) is 1.59. The highest BCUT2D eigenvalue weighted by Gasteiger charge is 2.21. The van der Waals surface area contributed by atoms with Crippen LogP contribution in [-0.2, 0) is 4.79 Å². The van der Waals surface area contributed by atoms with Gasteiger partial charge in [-0.3, -0.25) is 4.79 Å². The maximum absolute atomic E-state index is 12.1. The number of rotatable bonds is 7. The first-order valence-corrected chi connectivity index (χ1v) is 6.59. The molecule has 0 fully saturated rings. The lowest BCUT2D eigenvalue weighted by molar-refractivity contribution is -0.139. The summed E-state index contributed by atoms with van der Waals surface area (Å²) < 4.78 is 5.34. The van der Waals surface area contributed by atoms with Gasteiger partial charge in [-0.05, 0) is 31.2 Å². The Hall–Kier alpha value is -1.69. The van der Waals surface area contributed by atoms with Gasteiger partial charge in [-0.2, -0.15) is 12.6 Å². The number of amides is 1. The van der Waals surface area contributed by atoms with Gasteiger partial charge in [0.05, 0.1) is 12.2 Å². The average Bonchev–Trinajstić information content (AvgIpc) is 2.39. The molecule has 1 rings (SSSR count). The summed E-state index contributed by atoms with van der Waals surface area (Å²) in [5, 5.41) is 11.5. The summed E-state index contributed by atoms with van der Waals surface area (Å²) in [6, 6.07) is 5.78. The summed E-state index contributed by atoms with van der Waals surface area (Å²) in [5.41, 5.74) is 0.328. The minimum atomic E-state index is -1.07. The summed E-state index contributed by atoms with van der Waals surface area (Å²) in [7, 11) is 0. The van der Waals surface area contributed by atoms with Crippen molar-refractivity contribution in [3.8, 4) is 5.75 Å². The molecule has 2 N–H and O–H groups in total. The molecule has 1 amide bonds. The molecule has 1 aromatic carbocycles. The van der Waals surface area contributed by atoms with Crippen LogP contribution in [0, 0.1) is 0 Å². The van der Waals surface area contributed by atoms with E-state index >= 15 is 0 Å². The van der Waals surface area contributed by atoms with Crippen molar-refractivity contribution in [1.82, 2.24) is 5.32 Å². The number of nitrogens with one attached hydrogen (secondary N) is 1. The summed E-state index contributed by atoms with van der Waals surface area (Å²) in [6.45, 7) is 2.25. The molecule has 0 saturated carbocycles. The lowest BCUT2D eigenvalue weighted by Crippen LogP contribution is -2.41. The molecule has 19 heavy (non-hydrogen) atoms. The maximum atomic E-state index is 12.1. The van der Waals surface area contributed by atoms with Crippen molar-refractivity contribution in [3.05, 3.63) is 29.8 Å². The number of carboxylic acids is 1. The molecule has 6 heteroatoms. The van der Waals surface area contributed by atoms with Gasteiger partial charge in [0.25, 0.3) is 5.91 Å². The molecule has 0 heterocycles. The highest BCUT2D eigenvalue weighted by molar-refractivity contribution is 7.80. The van der Waals surface area contributed by atoms with E-state index in [1.54, 1.807) is 24.3 Å². The maximum Gasteiger partial charge on any atom is 0.326 e. The second-order valence-electron chi connectivity index (χ2n) is 3.81. The third-order valence-corrected chi connectivity index (χ3v) is 2.71. The van der Waals surface area contributed by atoms with Crippen LogP contribution in [0.4, 0.5) is 0 Å². The number of hydrogen-bond donors (Lipinski definition) is 3. The van der Waals surface area contributed by atoms with Crippen LogP contribution in [0.1, 0.15) is 23.7 Å². The van der Waals surface area contributed by atoms with Crippen LogP contribution in [0.15, 0.2) is 24.3 Å². The number of carbonyl (C=O) groups is 2. The lowest BCUT2D eigenvalue weighted by atomic mass is 10.1. The van der Waals surface area contributed by atoms with E-state index in [4.69, 9.17) is 9.84 Å². The zero-order valence-corrected chi connectivity index (χ0v) is 11.5. The topological polar surface area (TPSA) is 75.6 Å². The number of ether oxygens (including phenoxy) is 1. The molecule has 0 saturated heterocycles. The molecule has 0 aliphatic heterocycles. The van der Waals surface area contributed by atoms with Crippen LogP contribution in [0.3, 0.4) is 0 Å². The largest absolute Gasteiger partial charge is 0.493 e. The standard InChI is InChI=1S/C13H17NO4S/c1-2-18-11-6-4-3-5-9(11)12(15)14-10(7-8-19)13(16)17/h3-6,10,19H,2,7-8H2,1H3,(H,14,15)(H,16,17)/t10-/m0/s1. The Labute approximate surface area is 117 Å². The first-order chi connectivity index (χ1) is 9.10. The van der Waals surface area contributed by atoms with E-state index in [-0.39, 0.29) is 6.42 Å². The fourth-order valence-electron chi connectivity index (χ4n) is 1.56. The van der Waals surface area contributed by atoms with Crippen molar-refractivity contribution in [2.45, 2.75) is 19.4 Å². The van der Waals surface area contributed by atoms with Crippen LogP contribution in [0.5, 0.6) is 5.75 Å². The smallest absolute Gasteiger partial charge is 0.326 e. The molecule has 0 aliphatic rings. The van der Waals surface area contributed by atoms with Crippen molar-refractivity contribution >= 4 is 24.5 Å². The van der Waals surface area contributed by atoms with Gasteiger partial charge >= 0.3 is 5.97 Å². The van der Waals surface area contributed by atoms with E-state index in [9.17, 15) is 9.59 Å². The summed E-state index contributed by atoms with van der Waals surface area (Å²) in [5.74, 6) is -0.711. The quantitative estimate of drug-likeness (QED) is 0.664. The first-order valence-electron chi connectivity index (χ1n) is 5.96. The average molecular weight is 283 g/mol. The molecular weight excluding hydrogens is 266 g/mol. The van der Waals surface area contributed by atoms with Gasteiger partial charge in [0.1, 0.15) is 11.8 Å². The number of carbonyl (C=O) groups excluding carboxylic acids is 1. The Morgan fingerprint density at radius 1 is 1.42 bits per heavy atom. The Morgan fingerprint density at radius 2 is 2.11 bits per heavy atom. The molecule has 0 aromatic heterocycles. The normalized spacial score (nSPS) is 11.7. The number of carboxylic acid groups (broad SMARTS) is 1. The zero-order chi connectivity index (χ0) is 14.3. The van der Waals surface area contributed by atoms with Crippen molar-refractivity contribution in [2.75, 3.05) is 12.4 Å². The SMILES string of the molecule is CCOc1ccccc1C(=O)N[C@@H](CCS)C(=O)O. The van der Waals surface area contributed by atoms with Crippen molar-refractivity contribution in [1.29, 1.82) is 0 Å². The fourth-order valence-corrected chi connectivity index (χ4v) is 1.82. The molecular formula is C13H17NO4S. The monoisotopic (exact) mass is 283 g/mol. The number of hydrogen-bond acceptors (Lipinski definition) is 4. The molecule has 104 valence electrons. The molecule has 0 spiro atoms. The summed E-state index contributed by atoms with van der Waals surface area (Å²) in [4.78, 5) is 23.0. The van der Waals surface area contributed by atoms with E-state index in [0.29, 0.717) is 23.7 Å². The van der Waals surface area contributed by atoms with Gasteiger partial charge < -0.3 is 15.2 Å². The Balaban J connectivity index is 2.84. The predicted molar refractivity (Wildman–Crippen MR) is 75.0 cm³/mol. The van der Waals surface area contributed by atoms with Crippen molar-refractivity contribution in [2.24, 2.45) is 0 Å². The molecule has 0 aliphatic carbocycles. The molecule has 0 bridgehead atoms. The van der Waals surface area contributed by atoms with Gasteiger partial charge in [-0.15, -0.1) is 0 Å².